The number of aromatic nitrogens is 2. The molecule has 0 unspecified atom stereocenters. The summed E-state index contributed by atoms with van der Waals surface area (Å²) >= 11 is 6.03. The minimum absolute atomic E-state index is 0.168. The van der Waals surface area contributed by atoms with Gasteiger partial charge in [-0.15, -0.1) is 0 Å². The molecule has 0 atom stereocenters. The van der Waals surface area contributed by atoms with E-state index in [1.54, 1.807) is 12.1 Å². The summed E-state index contributed by atoms with van der Waals surface area (Å²) in [7, 11) is 1.45. The number of nitrogens with one attached hydrogen (secondary N) is 1. The Morgan fingerprint density at radius 3 is 2.45 bits per heavy atom. The van der Waals surface area contributed by atoms with Gasteiger partial charge in [-0.25, -0.2) is 4.98 Å². The van der Waals surface area contributed by atoms with E-state index in [9.17, 15) is 4.79 Å². The van der Waals surface area contributed by atoms with E-state index in [1.807, 2.05) is 42.5 Å². The topological polar surface area (TPSA) is 55.0 Å². The van der Waals surface area contributed by atoms with Crippen molar-refractivity contribution in [2.24, 2.45) is 0 Å². The molecule has 0 aliphatic carbocycles. The maximum atomic E-state index is 12.3. The number of hydrogen-bond donors (Lipinski definition) is 1. The molecule has 0 bridgehead atoms. The molecule has 1 N–H and O–H groups in total. The minimum atomic E-state index is -0.327. The minimum Gasteiger partial charge on any atom is -0.490 e. The highest BCUT2D eigenvalue weighted by Crippen LogP contribution is 2.28. The Morgan fingerprint density at radius 2 is 1.77 bits per heavy atom. The molecule has 0 fully saturated rings. The van der Waals surface area contributed by atoms with Crippen molar-refractivity contribution in [3.63, 3.8) is 0 Å². The zero-order chi connectivity index (χ0) is 15.5. The van der Waals surface area contributed by atoms with Crippen LogP contribution in [0.25, 0.3) is 22.6 Å². The summed E-state index contributed by atoms with van der Waals surface area (Å²) in [5.74, 6) is 0.656. The molecule has 1 heterocycles. The molecule has 0 saturated heterocycles. The fourth-order valence-electron chi connectivity index (χ4n) is 2.22. The number of rotatable bonds is 3. The number of halogens is 1. The molecule has 5 heteroatoms. The van der Waals surface area contributed by atoms with Crippen LogP contribution in [0.3, 0.4) is 0 Å². The van der Waals surface area contributed by atoms with Crippen molar-refractivity contribution in [1.29, 1.82) is 0 Å². The van der Waals surface area contributed by atoms with E-state index >= 15 is 0 Å². The lowest BCUT2D eigenvalue weighted by molar-refractivity contribution is 0.408. The zero-order valence-corrected chi connectivity index (χ0v) is 12.6. The predicted octanol–water partition coefficient (Wildman–Crippen LogP) is 3.77. The van der Waals surface area contributed by atoms with E-state index in [0.717, 1.165) is 11.1 Å². The normalized spacial score (nSPS) is 10.5. The molecular weight excluding hydrogens is 300 g/mol. The smallest absolute Gasteiger partial charge is 0.294 e. The Bertz CT molecular complexity index is 860. The number of nitrogens with zero attached hydrogens (tertiary/aromatic N) is 1. The molecule has 0 aliphatic rings. The van der Waals surface area contributed by atoms with Crippen LogP contribution in [-0.2, 0) is 0 Å². The average Bonchev–Trinajstić information content (AvgIpc) is 2.55. The monoisotopic (exact) mass is 312 g/mol. The second kappa shape index (κ2) is 6.03. The van der Waals surface area contributed by atoms with Crippen LogP contribution in [0.4, 0.5) is 0 Å². The highest BCUT2D eigenvalue weighted by Gasteiger charge is 2.15. The van der Waals surface area contributed by atoms with Crippen LogP contribution < -0.4 is 10.3 Å². The third-order valence-electron chi connectivity index (χ3n) is 3.23. The number of hydrogen-bond acceptors (Lipinski definition) is 3. The van der Waals surface area contributed by atoms with Gasteiger partial charge in [0.2, 0.25) is 5.75 Å². The van der Waals surface area contributed by atoms with Crippen LogP contribution >= 0.6 is 11.6 Å². The fourth-order valence-corrected chi connectivity index (χ4v) is 2.41. The van der Waals surface area contributed by atoms with Crippen molar-refractivity contribution in [2.45, 2.75) is 0 Å². The van der Waals surface area contributed by atoms with E-state index in [1.165, 1.54) is 7.11 Å². The van der Waals surface area contributed by atoms with Gasteiger partial charge in [-0.05, 0) is 12.1 Å². The van der Waals surface area contributed by atoms with Crippen LogP contribution in [0, 0.1) is 0 Å². The maximum absolute atomic E-state index is 12.3. The highest BCUT2D eigenvalue weighted by atomic mass is 35.5. The largest absolute Gasteiger partial charge is 0.490 e. The molecule has 0 saturated carbocycles. The van der Waals surface area contributed by atoms with Gasteiger partial charge in [0.1, 0.15) is 11.5 Å². The first-order valence-corrected chi connectivity index (χ1v) is 7.06. The van der Waals surface area contributed by atoms with E-state index in [-0.39, 0.29) is 11.3 Å². The van der Waals surface area contributed by atoms with Crippen molar-refractivity contribution in [3.8, 4) is 28.4 Å². The molecule has 110 valence electrons. The quantitative estimate of drug-likeness (QED) is 0.801. The van der Waals surface area contributed by atoms with Gasteiger partial charge in [0.05, 0.1) is 7.11 Å². The number of ether oxygens (including phenoxy) is 1. The van der Waals surface area contributed by atoms with E-state index < -0.39 is 0 Å². The standard InChI is InChI=1S/C17H13ClN2O2/c1-22-15-14(12-8-5-9-13(18)10-12)19-16(20-17(15)21)11-6-3-2-4-7-11/h2-10H,1H3,(H,19,20,21). The number of H-pyrrole nitrogens is 1. The second-order valence-corrected chi connectivity index (χ2v) is 5.11. The van der Waals surface area contributed by atoms with Gasteiger partial charge in [0, 0.05) is 16.1 Å². The summed E-state index contributed by atoms with van der Waals surface area (Å²) in [5, 5.41) is 0.572. The van der Waals surface area contributed by atoms with Crippen molar-refractivity contribution in [1.82, 2.24) is 9.97 Å². The molecule has 0 amide bonds. The third kappa shape index (κ3) is 2.73. The summed E-state index contributed by atoms with van der Waals surface area (Å²) in [4.78, 5) is 19.6. The Labute approximate surface area is 132 Å². The summed E-state index contributed by atoms with van der Waals surface area (Å²) in [5.41, 5.74) is 1.69. The van der Waals surface area contributed by atoms with Gasteiger partial charge in [-0.1, -0.05) is 54.1 Å². The van der Waals surface area contributed by atoms with E-state index in [2.05, 4.69) is 9.97 Å². The van der Waals surface area contributed by atoms with Gasteiger partial charge in [-0.3, -0.25) is 4.79 Å². The maximum Gasteiger partial charge on any atom is 0.294 e. The molecule has 3 aromatic rings. The van der Waals surface area contributed by atoms with Gasteiger partial charge in [-0.2, -0.15) is 0 Å². The molecule has 3 rings (SSSR count). The van der Waals surface area contributed by atoms with Gasteiger partial charge < -0.3 is 9.72 Å². The molecule has 0 spiro atoms. The average molecular weight is 313 g/mol. The second-order valence-electron chi connectivity index (χ2n) is 4.67. The van der Waals surface area contributed by atoms with Crippen molar-refractivity contribution in [2.75, 3.05) is 7.11 Å². The van der Waals surface area contributed by atoms with Crippen LogP contribution in [0.5, 0.6) is 5.75 Å². The number of benzene rings is 2. The van der Waals surface area contributed by atoms with Crippen molar-refractivity contribution >= 4 is 11.6 Å². The summed E-state index contributed by atoms with van der Waals surface area (Å²) in [6.07, 6.45) is 0. The highest BCUT2D eigenvalue weighted by molar-refractivity contribution is 6.30. The molecule has 4 nitrogen and oxygen atoms in total. The summed E-state index contributed by atoms with van der Waals surface area (Å²) < 4.78 is 5.21. The third-order valence-corrected chi connectivity index (χ3v) is 3.46. The van der Waals surface area contributed by atoms with Crippen LogP contribution in [-0.4, -0.2) is 17.1 Å². The number of aromatic amines is 1. The summed E-state index contributed by atoms with van der Waals surface area (Å²) in [6.45, 7) is 0. The van der Waals surface area contributed by atoms with Gasteiger partial charge in [0.15, 0.2) is 0 Å². The van der Waals surface area contributed by atoms with Crippen LogP contribution in [0.15, 0.2) is 59.4 Å². The molecule has 22 heavy (non-hydrogen) atoms. The molecule has 0 radical (unpaired) electrons. The number of methoxy groups -OCH3 is 1. The van der Waals surface area contributed by atoms with Crippen LogP contribution in [0.2, 0.25) is 5.02 Å². The Kier molecular flexibility index (Phi) is 3.94. The Balaban J connectivity index is 2.24. The lowest BCUT2D eigenvalue weighted by Crippen LogP contribution is -2.13. The van der Waals surface area contributed by atoms with Crippen LogP contribution in [0.1, 0.15) is 0 Å². The van der Waals surface area contributed by atoms with Gasteiger partial charge in [0.25, 0.3) is 5.56 Å². The summed E-state index contributed by atoms with van der Waals surface area (Å²) in [6, 6.07) is 16.6. The van der Waals surface area contributed by atoms with E-state index in [4.69, 9.17) is 16.3 Å². The zero-order valence-electron chi connectivity index (χ0n) is 11.8. The lowest BCUT2D eigenvalue weighted by atomic mass is 10.1. The first kappa shape index (κ1) is 14.4. The SMILES string of the molecule is COc1c(-c2cccc(Cl)c2)nc(-c2ccccc2)[nH]c1=O. The molecule has 2 aromatic carbocycles. The van der Waals surface area contributed by atoms with Crippen molar-refractivity contribution < 1.29 is 4.74 Å². The fraction of sp³-hybridized carbons (Fsp3) is 0.0588. The van der Waals surface area contributed by atoms with E-state index in [0.29, 0.717) is 16.5 Å². The molecule has 1 aromatic heterocycles. The lowest BCUT2D eigenvalue weighted by Gasteiger charge is -2.10. The van der Waals surface area contributed by atoms with Crippen molar-refractivity contribution in [3.05, 3.63) is 70.0 Å². The predicted molar refractivity (Wildman–Crippen MR) is 87.3 cm³/mol. The first-order chi connectivity index (χ1) is 10.7. The molecular formula is C17H13ClN2O2. The molecule has 0 aliphatic heterocycles. The first-order valence-electron chi connectivity index (χ1n) is 6.68. The Morgan fingerprint density at radius 1 is 1.05 bits per heavy atom. The Hall–Kier alpha value is -2.59. The van der Waals surface area contributed by atoms with Gasteiger partial charge >= 0.3 is 0 Å².